The molecule has 0 saturated carbocycles. The van der Waals surface area contributed by atoms with Gasteiger partial charge in [0.2, 0.25) is 0 Å². The first-order valence-electron chi connectivity index (χ1n) is 8.86. The molecule has 0 bridgehead atoms. The van der Waals surface area contributed by atoms with Gasteiger partial charge in [-0.1, -0.05) is 18.2 Å². The van der Waals surface area contributed by atoms with Gasteiger partial charge in [-0.3, -0.25) is 9.58 Å². The second kappa shape index (κ2) is 7.40. The fourth-order valence-corrected chi connectivity index (χ4v) is 5.39. The number of methoxy groups -OCH3 is 1. The Labute approximate surface area is 155 Å². The number of nitrogens with zero attached hydrogens (tertiary/aromatic N) is 3. The van der Waals surface area contributed by atoms with E-state index in [1.54, 1.807) is 7.11 Å². The maximum atomic E-state index is 11.8. The molecule has 7 heteroatoms. The zero-order valence-electron chi connectivity index (χ0n) is 15.9. The van der Waals surface area contributed by atoms with E-state index in [0.717, 1.165) is 35.8 Å². The lowest BCUT2D eigenvalue weighted by Crippen LogP contribution is -2.19. The van der Waals surface area contributed by atoms with Crippen molar-refractivity contribution in [1.82, 2.24) is 14.7 Å². The molecule has 0 N–H and O–H groups in total. The normalized spacial score (nSPS) is 19.2. The highest BCUT2D eigenvalue weighted by Crippen LogP contribution is 2.27. The van der Waals surface area contributed by atoms with Crippen molar-refractivity contribution in [2.24, 2.45) is 0 Å². The number of hydrogen-bond donors (Lipinski definition) is 0. The molecule has 0 radical (unpaired) electrons. The van der Waals surface area contributed by atoms with Crippen LogP contribution < -0.4 is 4.74 Å². The molecular weight excluding hydrogens is 350 g/mol. The SMILES string of the molecule is COc1ccccc1CN(C)Cc1c(C)nn([C@H]2CCS(=O)(=O)C2)c1C. The first-order chi connectivity index (χ1) is 12.3. The van der Waals surface area contributed by atoms with Gasteiger partial charge in [-0.25, -0.2) is 8.42 Å². The summed E-state index contributed by atoms with van der Waals surface area (Å²) >= 11 is 0. The van der Waals surface area contributed by atoms with Gasteiger partial charge in [0.25, 0.3) is 0 Å². The maximum Gasteiger partial charge on any atom is 0.152 e. The average molecular weight is 378 g/mol. The molecule has 1 atom stereocenters. The lowest BCUT2D eigenvalue weighted by Gasteiger charge is -2.19. The Balaban J connectivity index is 1.76. The smallest absolute Gasteiger partial charge is 0.152 e. The van der Waals surface area contributed by atoms with Crippen molar-refractivity contribution in [2.75, 3.05) is 25.7 Å². The molecule has 1 aliphatic heterocycles. The first kappa shape index (κ1) is 18.9. The molecule has 3 rings (SSSR count). The van der Waals surface area contributed by atoms with E-state index in [1.165, 1.54) is 5.56 Å². The summed E-state index contributed by atoms with van der Waals surface area (Å²) in [6.45, 7) is 5.57. The van der Waals surface area contributed by atoms with Crippen LogP contribution in [0.25, 0.3) is 0 Å². The number of aryl methyl sites for hydroxylation is 1. The van der Waals surface area contributed by atoms with E-state index in [1.807, 2.05) is 36.7 Å². The highest BCUT2D eigenvalue weighted by molar-refractivity contribution is 7.91. The third-order valence-electron chi connectivity index (χ3n) is 5.09. The number of ether oxygens (including phenoxy) is 1. The second-order valence-electron chi connectivity index (χ2n) is 7.13. The highest BCUT2D eigenvalue weighted by atomic mass is 32.2. The molecule has 26 heavy (non-hydrogen) atoms. The molecule has 1 aliphatic rings. The molecule has 142 valence electrons. The molecule has 0 aliphatic carbocycles. The van der Waals surface area contributed by atoms with Gasteiger partial charge in [-0.2, -0.15) is 5.10 Å². The predicted octanol–water partition coefficient (Wildman–Crippen LogP) is 2.50. The fraction of sp³-hybridized carbons (Fsp3) is 0.526. The number of hydrogen-bond acceptors (Lipinski definition) is 5. The molecule has 1 aromatic heterocycles. The summed E-state index contributed by atoms with van der Waals surface area (Å²) in [7, 11) is 0.839. The van der Waals surface area contributed by atoms with Crippen molar-refractivity contribution >= 4 is 9.84 Å². The summed E-state index contributed by atoms with van der Waals surface area (Å²) in [5.41, 5.74) is 4.35. The summed E-state index contributed by atoms with van der Waals surface area (Å²) in [4.78, 5) is 2.23. The molecule has 0 unspecified atom stereocenters. The largest absolute Gasteiger partial charge is 0.496 e. The van der Waals surface area contributed by atoms with Crippen LogP contribution in [0.1, 0.15) is 35.0 Å². The van der Waals surface area contributed by atoms with Crippen LogP contribution in [0.4, 0.5) is 0 Å². The van der Waals surface area contributed by atoms with Crippen LogP contribution in [0, 0.1) is 13.8 Å². The number of rotatable bonds is 6. The van der Waals surface area contributed by atoms with Crippen molar-refractivity contribution in [3.63, 3.8) is 0 Å². The Morgan fingerprint density at radius 1 is 1.27 bits per heavy atom. The predicted molar refractivity (Wildman–Crippen MR) is 102 cm³/mol. The van der Waals surface area contributed by atoms with E-state index >= 15 is 0 Å². The Bertz CT molecular complexity index is 889. The Kier molecular flexibility index (Phi) is 5.39. The van der Waals surface area contributed by atoms with Crippen molar-refractivity contribution in [3.05, 3.63) is 46.8 Å². The van der Waals surface area contributed by atoms with Crippen molar-refractivity contribution < 1.29 is 13.2 Å². The minimum atomic E-state index is -2.92. The summed E-state index contributed by atoms with van der Waals surface area (Å²) < 4.78 is 31.0. The number of sulfone groups is 1. The van der Waals surface area contributed by atoms with Gasteiger partial charge in [0.05, 0.1) is 30.4 Å². The van der Waals surface area contributed by atoms with Gasteiger partial charge in [0, 0.05) is 29.9 Å². The molecular formula is C19H27N3O3S. The van der Waals surface area contributed by atoms with Crippen LogP contribution in [-0.4, -0.2) is 48.8 Å². The van der Waals surface area contributed by atoms with Crippen LogP contribution >= 0.6 is 0 Å². The van der Waals surface area contributed by atoms with Crippen LogP contribution in [0.5, 0.6) is 5.75 Å². The van der Waals surface area contributed by atoms with Gasteiger partial charge < -0.3 is 4.74 Å². The number of benzene rings is 1. The molecule has 2 aromatic rings. The summed E-state index contributed by atoms with van der Waals surface area (Å²) in [5, 5.41) is 4.65. The summed E-state index contributed by atoms with van der Waals surface area (Å²) in [6.07, 6.45) is 0.654. The van der Waals surface area contributed by atoms with E-state index in [-0.39, 0.29) is 17.5 Å². The van der Waals surface area contributed by atoms with E-state index in [9.17, 15) is 8.42 Å². The Morgan fingerprint density at radius 3 is 2.65 bits per heavy atom. The highest BCUT2D eigenvalue weighted by Gasteiger charge is 2.31. The molecule has 0 spiro atoms. The van der Waals surface area contributed by atoms with Gasteiger partial charge in [-0.15, -0.1) is 0 Å². The van der Waals surface area contributed by atoms with Gasteiger partial charge in [0.15, 0.2) is 9.84 Å². The van der Waals surface area contributed by atoms with Crippen LogP contribution in [0.15, 0.2) is 24.3 Å². The fourth-order valence-electron chi connectivity index (χ4n) is 3.70. The standard InChI is InChI=1S/C19H27N3O3S/c1-14-18(12-21(3)11-16-7-5-6-8-19(16)25-4)15(2)22(20-14)17-9-10-26(23,24)13-17/h5-8,17H,9-13H2,1-4H3/t17-/m0/s1. The Morgan fingerprint density at radius 2 is 2.00 bits per heavy atom. The molecule has 2 heterocycles. The van der Waals surface area contributed by atoms with Crippen molar-refractivity contribution in [1.29, 1.82) is 0 Å². The zero-order valence-corrected chi connectivity index (χ0v) is 16.7. The third kappa shape index (κ3) is 3.94. The van der Waals surface area contributed by atoms with Crippen LogP contribution in [-0.2, 0) is 22.9 Å². The van der Waals surface area contributed by atoms with E-state index in [4.69, 9.17) is 4.74 Å². The van der Waals surface area contributed by atoms with Crippen molar-refractivity contribution in [2.45, 2.75) is 39.4 Å². The molecule has 1 fully saturated rings. The van der Waals surface area contributed by atoms with Crippen molar-refractivity contribution in [3.8, 4) is 5.75 Å². The summed E-state index contributed by atoms with van der Waals surface area (Å²) in [6, 6.07) is 7.99. The van der Waals surface area contributed by atoms with E-state index < -0.39 is 9.84 Å². The Hall–Kier alpha value is -1.86. The molecule has 6 nitrogen and oxygen atoms in total. The number of aromatic nitrogens is 2. The molecule has 0 amide bonds. The quantitative estimate of drug-likeness (QED) is 0.774. The molecule has 1 saturated heterocycles. The first-order valence-corrected chi connectivity index (χ1v) is 10.7. The monoisotopic (exact) mass is 377 g/mol. The second-order valence-corrected chi connectivity index (χ2v) is 9.36. The number of para-hydroxylation sites is 1. The molecule has 1 aromatic carbocycles. The zero-order chi connectivity index (χ0) is 18.9. The van der Waals surface area contributed by atoms with Gasteiger partial charge >= 0.3 is 0 Å². The third-order valence-corrected chi connectivity index (χ3v) is 6.84. The van der Waals surface area contributed by atoms with Crippen LogP contribution in [0.2, 0.25) is 0 Å². The van der Waals surface area contributed by atoms with Gasteiger partial charge in [0.1, 0.15) is 5.75 Å². The minimum absolute atomic E-state index is 0.0352. The van der Waals surface area contributed by atoms with Crippen LogP contribution in [0.3, 0.4) is 0 Å². The summed E-state index contributed by atoms with van der Waals surface area (Å²) in [5.74, 6) is 1.35. The lowest BCUT2D eigenvalue weighted by atomic mass is 10.1. The minimum Gasteiger partial charge on any atom is -0.496 e. The van der Waals surface area contributed by atoms with E-state index in [0.29, 0.717) is 6.42 Å². The van der Waals surface area contributed by atoms with E-state index in [2.05, 4.69) is 23.1 Å². The topological polar surface area (TPSA) is 64.4 Å². The maximum absolute atomic E-state index is 11.8. The lowest BCUT2D eigenvalue weighted by molar-refractivity contribution is 0.308. The van der Waals surface area contributed by atoms with Gasteiger partial charge in [-0.05, 0) is 33.4 Å². The average Bonchev–Trinajstić information content (AvgIpc) is 3.09.